The largest absolute Gasteiger partial charge is 0.403 e. The molecule has 1 aromatic rings. The molecular formula is C14H18N2O4. The van der Waals surface area contributed by atoms with Crippen LogP contribution in [0.3, 0.4) is 0 Å². The Morgan fingerprint density at radius 1 is 1.25 bits per heavy atom. The first kappa shape index (κ1) is 14.3. The van der Waals surface area contributed by atoms with Crippen LogP contribution in [-0.2, 0) is 19.1 Å². The van der Waals surface area contributed by atoms with Gasteiger partial charge in [-0.3, -0.25) is 14.5 Å². The molecule has 0 aromatic carbocycles. The molecule has 108 valence electrons. The van der Waals surface area contributed by atoms with Gasteiger partial charge in [0.2, 0.25) is 0 Å². The number of anilines is 1. The van der Waals surface area contributed by atoms with Gasteiger partial charge >= 0.3 is 17.8 Å². The summed E-state index contributed by atoms with van der Waals surface area (Å²) in [6.07, 6.45) is -0.0194. The molecule has 0 bridgehead atoms. The van der Waals surface area contributed by atoms with Crippen LogP contribution in [0.2, 0.25) is 0 Å². The fraction of sp³-hybridized carbons (Fsp3) is 0.500. The summed E-state index contributed by atoms with van der Waals surface area (Å²) in [5.41, 5.74) is 0.834. The van der Waals surface area contributed by atoms with Crippen LogP contribution in [-0.4, -0.2) is 29.4 Å². The summed E-state index contributed by atoms with van der Waals surface area (Å²) in [6.45, 7) is 6.04. The normalized spacial score (nSPS) is 17.4. The van der Waals surface area contributed by atoms with E-state index in [1.54, 1.807) is 17.9 Å². The Kier molecular flexibility index (Phi) is 3.92. The standard InChI is InChI=1S/C14H18N2O4/c1-4-14(19-12(17)9-13(18)20-14)16(5-2)11-8-6-7-10(3)15-11/h6-8H,4-5,9H2,1-3H3. The second kappa shape index (κ2) is 5.48. The molecule has 0 saturated carbocycles. The monoisotopic (exact) mass is 278 g/mol. The average Bonchev–Trinajstić information content (AvgIpc) is 2.38. The van der Waals surface area contributed by atoms with Gasteiger partial charge in [-0.1, -0.05) is 13.0 Å². The van der Waals surface area contributed by atoms with E-state index < -0.39 is 17.8 Å². The molecule has 0 spiro atoms. The van der Waals surface area contributed by atoms with Crippen LogP contribution in [0.4, 0.5) is 5.82 Å². The molecule has 6 heteroatoms. The Morgan fingerprint density at radius 3 is 2.40 bits per heavy atom. The van der Waals surface area contributed by atoms with Crippen molar-refractivity contribution in [1.82, 2.24) is 4.98 Å². The van der Waals surface area contributed by atoms with Crippen LogP contribution in [0.1, 0.15) is 32.4 Å². The molecule has 1 aliphatic rings. The molecule has 2 rings (SSSR count). The topological polar surface area (TPSA) is 68.7 Å². The number of hydrogen-bond donors (Lipinski definition) is 0. The molecule has 0 radical (unpaired) electrons. The highest BCUT2D eigenvalue weighted by Gasteiger charge is 2.47. The van der Waals surface area contributed by atoms with Crippen LogP contribution >= 0.6 is 0 Å². The second-order valence-electron chi connectivity index (χ2n) is 4.57. The first-order chi connectivity index (χ1) is 9.50. The fourth-order valence-electron chi connectivity index (χ4n) is 2.27. The Hall–Kier alpha value is -2.11. The third-order valence-corrected chi connectivity index (χ3v) is 3.16. The molecule has 0 amide bonds. The van der Waals surface area contributed by atoms with Crippen LogP contribution in [0.5, 0.6) is 0 Å². The van der Waals surface area contributed by atoms with E-state index in [4.69, 9.17) is 9.47 Å². The molecule has 0 aliphatic carbocycles. The molecule has 0 N–H and O–H groups in total. The maximum absolute atomic E-state index is 11.6. The maximum atomic E-state index is 11.6. The summed E-state index contributed by atoms with van der Waals surface area (Å²) in [5.74, 6) is -1.94. The molecule has 1 saturated heterocycles. The first-order valence-corrected chi connectivity index (χ1v) is 6.65. The van der Waals surface area contributed by atoms with E-state index in [1.165, 1.54) is 0 Å². The highest BCUT2D eigenvalue weighted by atomic mass is 16.8. The predicted molar refractivity (Wildman–Crippen MR) is 71.8 cm³/mol. The maximum Gasteiger partial charge on any atom is 0.343 e. The molecule has 6 nitrogen and oxygen atoms in total. The van der Waals surface area contributed by atoms with Crippen molar-refractivity contribution in [3.05, 3.63) is 23.9 Å². The third kappa shape index (κ3) is 2.59. The van der Waals surface area contributed by atoms with Gasteiger partial charge in [0.25, 0.3) is 0 Å². The van der Waals surface area contributed by atoms with Gasteiger partial charge in [-0.05, 0) is 26.0 Å². The van der Waals surface area contributed by atoms with Crippen molar-refractivity contribution in [2.24, 2.45) is 0 Å². The number of pyridine rings is 1. The molecular weight excluding hydrogens is 260 g/mol. The van der Waals surface area contributed by atoms with E-state index in [2.05, 4.69) is 4.98 Å². The van der Waals surface area contributed by atoms with E-state index in [-0.39, 0.29) is 6.42 Å². The zero-order valence-corrected chi connectivity index (χ0v) is 11.9. The van der Waals surface area contributed by atoms with Gasteiger partial charge in [0.1, 0.15) is 12.2 Å². The molecule has 0 unspecified atom stereocenters. The number of nitrogens with zero attached hydrogens (tertiary/aromatic N) is 2. The highest BCUT2D eigenvalue weighted by Crippen LogP contribution is 2.31. The van der Waals surface area contributed by atoms with E-state index >= 15 is 0 Å². The van der Waals surface area contributed by atoms with Crippen molar-refractivity contribution in [3.63, 3.8) is 0 Å². The summed E-state index contributed by atoms with van der Waals surface area (Å²) < 4.78 is 10.7. The van der Waals surface area contributed by atoms with Gasteiger partial charge in [0, 0.05) is 18.7 Å². The van der Waals surface area contributed by atoms with Gasteiger partial charge in [-0.15, -0.1) is 0 Å². The number of ether oxygens (including phenoxy) is 2. The van der Waals surface area contributed by atoms with Crippen molar-refractivity contribution in [3.8, 4) is 0 Å². The van der Waals surface area contributed by atoms with Gasteiger partial charge in [-0.2, -0.15) is 0 Å². The quantitative estimate of drug-likeness (QED) is 0.617. The molecule has 2 heterocycles. The SMILES string of the molecule is CCN(c1cccc(C)n1)C1(CC)OC(=O)CC(=O)O1. The number of carbonyl (C=O) groups is 2. The zero-order valence-electron chi connectivity index (χ0n) is 11.9. The van der Waals surface area contributed by atoms with E-state index in [1.807, 2.05) is 26.0 Å². The molecule has 1 aromatic heterocycles. The Morgan fingerprint density at radius 2 is 1.90 bits per heavy atom. The Labute approximate surface area is 117 Å². The lowest BCUT2D eigenvalue weighted by molar-refractivity contribution is -0.245. The van der Waals surface area contributed by atoms with Crippen molar-refractivity contribution in [2.45, 2.75) is 39.5 Å². The van der Waals surface area contributed by atoms with Gasteiger partial charge in [0.05, 0.1) is 0 Å². The van der Waals surface area contributed by atoms with Crippen molar-refractivity contribution in [1.29, 1.82) is 0 Å². The first-order valence-electron chi connectivity index (χ1n) is 6.65. The lowest BCUT2D eigenvalue weighted by Gasteiger charge is -2.42. The average molecular weight is 278 g/mol. The highest BCUT2D eigenvalue weighted by molar-refractivity contribution is 5.93. The van der Waals surface area contributed by atoms with Crippen LogP contribution in [0.25, 0.3) is 0 Å². The minimum absolute atomic E-state index is 0.327. The summed E-state index contributed by atoms with van der Waals surface area (Å²) >= 11 is 0. The predicted octanol–water partition coefficient (Wildman–Crippen LogP) is 1.77. The summed E-state index contributed by atoms with van der Waals surface area (Å²) in [4.78, 5) is 29.3. The molecule has 0 atom stereocenters. The third-order valence-electron chi connectivity index (χ3n) is 3.16. The van der Waals surface area contributed by atoms with Gasteiger partial charge in [-0.25, -0.2) is 4.98 Å². The number of cyclic esters (lactones) is 2. The fourth-order valence-corrected chi connectivity index (χ4v) is 2.27. The zero-order chi connectivity index (χ0) is 14.8. The van der Waals surface area contributed by atoms with Crippen molar-refractivity contribution in [2.75, 3.05) is 11.4 Å². The minimum atomic E-state index is -1.40. The summed E-state index contributed by atoms with van der Waals surface area (Å²) in [6, 6.07) is 5.52. The number of aryl methyl sites for hydroxylation is 1. The number of esters is 2. The van der Waals surface area contributed by atoms with Crippen molar-refractivity contribution < 1.29 is 19.1 Å². The lowest BCUT2D eigenvalue weighted by Crippen LogP contribution is -2.58. The number of carbonyl (C=O) groups excluding carboxylic acids is 2. The smallest absolute Gasteiger partial charge is 0.343 e. The second-order valence-corrected chi connectivity index (χ2v) is 4.57. The number of rotatable bonds is 4. The van der Waals surface area contributed by atoms with E-state index in [0.29, 0.717) is 18.8 Å². The Bertz CT molecular complexity index is 514. The van der Waals surface area contributed by atoms with Crippen LogP contribution in [0.15, 0.2) is 18.2 Å². The molecule has 1 fully saturated rings. The Balaban J connectivity index is 2.41. The molecule has 20 heavy (non-hydrogen) atoms. The number of hydrogen-bond acceptors (Lipinski definition) is 6. The van der Waals surface area contributed by atoms with Crippen LogP contribution < -0.4 is 4.90 Å². The van der Waals surface area contributed by atoms with Crippen molar-refractivity contribution >= 4 is 17.8 Å². The lowest BCUT2D eigenvalue weighted by atomic mass is 10.2. The van der Waals surface area contributed by atoms with Gasteiger partial charge < -0.3 is 9.47 Å². The molecule has 1 aliphatic heterocycles. The van der Waals surface area contributed by atoms with Crippen LogP contribution in [0, 0.1) is 6.92 Å². The minimum Gasteiger partial charge on any atom is -0.403 e. The van der Waals surface area contributed by atoms with E-state index in [9.17, 15) is 9.59 Å². The van der Waals surface area contributed by atoms with E-state index in [0.717, 1.165) is 5.69 Å². The van der Waals surface area contributed by atoms with Gasteiger partial charge in [0.15, 0.2) is 0 Å². The number of aromatic nitrogens is 1. The summed E-state index contributed by atoms with van der Waals surface area (Å²) in [5, 5.41) is 0. The summed E-state index contributed by atoms with van der Waals surface area (Å²) in [7, 11) is 0.